The number of nitrogens with zero attached hydrogens (tertiary/aromatic N) is 3. The smallest absolute Gasteiger partial charge is 0.232 e. The van der Waals surface area contributed by atoms with Gasteiger partial charge in [-0.15, -0.1) is 0 Å². The van der Waals surface area contributed by atoms with Crippen molar-refractivity contribution >= 4 is 5.91 Å². The molecule has 8 heteroatoms. The van der Waals surface area contributed by atoms with Crippen molar-refractivity contribution in [1.82, 2.24) is 15.0 Å². The fourth-order valence-electron chi connectivity index (χ4n) is 3.93. The summed E-state index contributed by atoms with van der Waals surface area (Å²) < 4.78 is 22.5. The first-order valence-electron chi connectivity index (χ1n) is 11.5. The number of aromatic nitrogens is 2. The van der Waals surface area contributed by atoms with E-state index in [1.54, 1.807) is 7.11 Å². The highest BCUT2D eigenvalue weighted by Gasteiger charge is 2.34. The Kier molecular flexibility index (Phi) is 7.05. The third-order valence-corrected chi connectivity index (χ3v) is 5.46. The number of rotatable bonds is 9. The number of amides is 1. The lowest BCUT2D eigenvalue weighted by molar-refractivity contribution is -0.128. The van der Waals surface area contributed by atoms with Crippen molar-refractivity contribution in [2.24, 2.45) is 0 Å². The maximum atomic E-state index is 12.6. The molecule has 180 valence electrons. The van der Waals surface area contributed by atoms with Gasteiger partial charge in [-0.1, -0.05) is 17.3 Å². The zero-order valence-corrected chi connectivity index (χ0v) is 20.3. The Morgan fingerprint density at radius 2 is 1.76 bits per heavy atom. The van der Waals surface area contributed by atoms with Crippen molar-refractivity contribution in [3.8, 4) is 28.6 Å². The number of carbonyl (C=O) groups is 1. The zero-order chi connectivity index (χ0) is 24.2. The van der Waals surface area contributed by atoms with E-state index in [0.717, 1.165) is 16.9 Å². The number of likely N-dealkylation sites (tertiary alicyclic amines) is 1. The number of hydrogen-bond donors (Lipinski definition) is 0. The van der Waals surface area contributed by atoms with E-state index in [0.29, 0.717) is 42.7 Å². The summed E-state index contributed by atoms with van der Waals surface area (Å²) in [4.78, 5) is 19.0. The molecular formula is C26H31N3O5. The van der Waals surface area contributed by atoms with E-state index in [4.69, 9.17) is 18.7 Å². The number of carbonyl (C=O) groups excluding carboxylic acids is 1. The molecule has 1 aliphatic heterocycles. The summed E-state index contributed by atoms with van der Waals surface area (Å²) in [6, 6.07) is 13.4. The first kappa shape index (κ1) is 23.6. The highest BCUT2D eigenvalue weighted by atomic mass is 16.5. The first-order valence-corrected chi connectivity index (χ1v) is 11.5. The van der Waals surface area contributed by atoms with Crippen LogP contribution in [0.1, 0.15) is 51.5 Å². The van der Waals surface area contributed by atoms with Crippen LogP contribution in [0.15, 0.2) is 47.0 Å². The molecule has 1 amide bonds. The zero-order valence-electron chi connectivity index (χ0n) is 20.3. The normalized spacial score (nSPS) is 15.9. The summed E-state index contributed by atoms with van der Waals surface area (Å²) >= 11 is 0. The van der Waals surface area contributed by atoms with Gasteiger partial charge in [0.05, 0.1) is 25.2 Å². The van der Waals surface area contributed by atoms with Gasteiger partial charge in [0.1, 0.15) is 5.75 Å². The van der Waals surface area contributed by atoms with Gasteiger partial charge in [0.25, 0.3) is 0 Å². The van der Waals surface area contributed by atoms with Crippen LogP contribution in [0.3, 0.4) is 0 Å². The number of benzene rings is 2. The molecule has 0 N–H and O–H groups in total. The van der Waals surface area contributed by atoms with E-state index in [1.807, 2.05) is 75.1 Å². The second-order valence-electron chi connectivity index (χ2n) is 8.97. The molecule has 8 nitrogen and oxygen atoms in total. The lowest BCUT2D eigenvalue weighted by atomic mass is 10.1. The Morgan fingerprint density at radius 3 is 2.44 bits per heavy atom. The summed E-state index contributed by atoms with van der Waals surface area (Å²) in [6.45, 7) is 8.98. The van der Waals surface area contributed by atoms with Crippen molar-refractivity contribution in [3.05, 3.63) is 53.9 Å². The molecule has 2 aromatic carbocycles. The Labute approximate surface area is 199 Å². The van der Waals surface area contributed by atoms with E-state index >= 15 is 0 Å². The third kappa shape index (κ3) is 5.50. The summed E-state index contributed by atoms with van der Waals surface area (Å²) in [7, 11) is 1.59. The van der Waals surface area contributed by atoms with Crippen molar-refractivity contribution in [1.29, 1.82) is 0 Å². The molecule has 1 saturated heterocycles. The highest BCUT2D eigenvalue weighted by Crippen LogP contribution is 2.34. The minimum Gasteiger partial charge on any atom is -0.493 e. The maximum absolute atomic E-state index is 12.6. The van der Waals surface area contributed by atoms with Crippen LogP contribution >= 0.6 is 0 Å². The molecule has 1 atom stereocenters. The molecule has 1 unspecified atom stereocenters. The Morgan fingerprint density at radius 1 is 1.03 bits per heavy atom. The third-order valence-electron chi connectivity index (χ3n) is 5.46. The molecule has 34 heavy (non-hydrogen) atoms. The molecule has 0 bridgehead atoms. The fourth-order valence-corrected chi connectivity index (χ4v) is 3.93. The van der Waals surface area contributed by atoms with Crippen LogP contribution in [0.4, 0.5) is 0 Å². The summed E-state index contributed by atoms with van der Waals surface area (Å²) in [5.74, 6) is 2.94. The number of methoxy groups -OCH3 is 1. The van der Waals surface area contributed by atoms with E-state index < -0.39 is 0 Å². The molecule has 0 saturated carbocycles. The van der Waals surface area contributed by atoms with Gasteiger partial charge in [-0.2, -0.15) is 4.98 Å². The monoisotopic (exact) mass is 465 g/mol. The summed E-state index contributed by atoms with van der Waals surface area (Å²) in [6.07, 6.45) is 0.505. The predicted molar refractivity (Wildman–Crippen MR) is 127 cm³/mol. The Bertz CT molecular complexity index is 1120. The molecule has 0 radical (unpaired) electrons. The van der Waals surface area contributed by atoms with Gasteiger partial charge in [-0.3, -0.25) is 4.79 Å². The summed E-state index contributed by atoms with van der Waals surface area (Å²) in [5.41, 5.74) is 1.81. The van der Waals surface area contributed by atoms with Crippen LogP contribution in [0, 0.1) is 0 Å². The van der Waals surface area contributed by atoms with Gasteiger partial charge in [0.2, 0.25) is 17.6 Å². The molecule has 0 aliphatic carbocycles. The summed E-state index contributed by atoms with van der Waals surface area (Å²) in [5, 5.41) is 4.14. The van der Waals surface area contributed by atoms with Crippen LogP contribution in [0.5, 0.6) is 17.2 Å². The van der Waals surface area contributed by atoms with E-state index in [9.17, 15) is 4.79 Å². The van der Waals surface area contributed by atoms with Gasteiger partial charge in [-0.05, 0) is 63.6 Å². The number of ether oxygens (including phenoxy) is 3. The molecule has 1 aromatic heterocycles. The predicted octanol–water partition coefficient (Wildman–Crippen LogP) is 4.84. The molecule has 3 aromatic rings. The van der Waals surface area contributed by atoms with Crippen molar-refractivity contribution in [3.63, 3.8) is 0 Å². The largest absolute Gasteiger partial charge is 0.493 e. The second-order valence-corrected chi connectivity index (χ2v) is 8.97. The fraction of sp³-hybridized carbons (Fsp3) is 0.423. The van der Waals surface area contributed by atoms with E-state index in [1.165, 1.54) is 0 Å². The molecule has 1 fully saturated rings. The van der Waals surface area contributed by atoms with Gasteiger partial charge in [0.15, 0.2) is 11.5 Å². The highest BCUT2D eigenvalue weighted by molar-refractivity contribution is 5.79. The molecule has 4 rings (SSSR count). The first-order chi connectivity index (χ1) is 16.3. The molecule has 0 spiro atoms. The average Bonchev–Trinajstić information content (AvgIpc) is 3.42. The van der Waals surface area contributed by atoms with Crippen molar-refractivity contribution in [2.45, 2.75) is 58.8 Å². The molecule has 2 heterocycles. The Balaban J connectivity index is 1.43. The van der Waals surface area contributed by atoms with Crippen molar-refractivity contribution < 1.29 is 23.5 Å². The molecule has 1 aliphatic rings. The quantitative estimate of drug-likeness (QED) is 0.447. The average molecular weight is 466 g/mol. The SMILES string of the molecule is COc1cc(-c2noc(C3CC(=O)N(Cc4ccc(OC(C)C)cc4)C3)n2)ccc1OC(C)C. The minimum atomic E-state index is -0.136. The maximum Gasteiger partial charge on any atom is 0.232 e. The van der Waals surface area contributed by atoms with Crippen LogP contribution in [-0.4, -0.2) is 46.8 Å². The minimum absolute atomic E-state index is 0.0330. The Hall–Kier alpha value is -3.55. The van der Waals surface area contributed by atoms with E-state index in [-0.39, 0.29) is 24.0 Å². The number of hydrogen-bond acceptors (Lipinski definition) is 7. The van der Waals surface area contributed by atoms with Crippen LogP contribution in [-0.2, 0) is 11.3 Å². The van der Waals surface area contributed by atoms with Gasteiger partial charge < -0.3 is 23.6 Å². The van der Waals surface area contributed by atoms with Crippen LogP contribution in [0.2, 0.25) is 0 Å². The second kappa shape index (κ2) is 10.2. The van der Waals surface area contributed by atoms with Gasteiger partial charge >= 0.3 is 0 Å². The van der Waals surface area contributed by atoms with E-state index in [2.05, 4.69) is 10.1 Å². The van der Waals surface area contributed by atoms with Crippen LogP contribution < -0.4 is 14.2 Å². The van der Waals surface area contributed by atoms with Gasteiger partial charge in [-0.25, -0.2) is 0 Å². The lowest BCUT2D eigenvalue weighted by Gasteiger charge is -2.16. The topological polar surface area (TPSA) is 86.9 Å². The lowest BCUT2D eigenvalue weighted by Crippen LogP contribution is -2.24. The molecular weight excluding hydrogens is 434 g/mol. The van der Waals surface area contributed by atoms with Crippen LogP contribution in [0.25, 0.3) is 11.4 Å². The standard InChI is InChI=1S/C26H31N3O5/c1-16(2)32-21-9-6-18(7-10-21)14-29-15-20(13-24(29)30)26-27-25(28-34-26)19-8-11-22(33-17(3)4)23(12-19)31-5/h6-12,16-17,20H,13-15H2,1-5H3. The van der Waals surface area contributed by atoms with Crippen molar-refractivity contribution in [2.75, 3.05) is 13.7 Å². The van der Waals surface area contributed by atoms with Gasteiger partial charge in [0, 0.05) is 25.1 Å².